The number of hydrogen-bond acceptors (Lipinski definition) is 5. The van der Waals surface area contributed by atoms with Crippen LogP contribution in [0.5, 0.6) is 0 Å². The lowest BCUT2D eigenvalue weighted by atomic mass is 9.98. The van der Waals surface area contributed by atoms with E-state index in [0.29, 0.717) is 11.6 Å². The Labute approximate surface area is 88.9 Å². The summed E-state index contributed by atoms with van der Waals surface area (Å²) in [4.78, 5) is 10.2. The molecule has 0 saturated carbocycles. The first kappa shape index (κ1) is 10.2. The minimum absolute atomic E-state index is 0.285. The first-order valence-electron chi connectivity index (χ1n) is 5.22. The molecule has 0 bridgehead atoms. The highest BCUT2D eigenvalue weighted by molar-refractivity contribution is 5.60. The monoisotopic (exact) mass is 208 g/mol. The Hall–Kier alpha value is -1.36. The van der Waals surface area contributed by atoms with Crippen molar-refractivity contribution < 1.29 is 5.11 Å². The fourth-order valence-electron chi connectivity index (χ4n) is 1.93. The summed E-state index contributed by atoms with van der Waals surface area (Å²) >= 11 is 0. The maximum Gasteiger partial charge on any atom is 0.155 e. The molecule has 82 valence electrons. The van der Waals surface area contributed by atoms with Crippen LogP contribution in [-0.4, -0.2) is 34.8 Å². The van der Waals surface area contributed by atoms with Crippen LogP contribution in [0, 0.1) is 5.92 Å². The van der Waals surface area contributed by atoms with Crippen molar-refractivity contribution in [2.24, 2.45) is 5.92 Å². The lowest BCUT2D eigenvalue weighted by Gasteiger charge is -2.32. The zero-order valence-corrected chi connectivity index (χ0v) is 8.63. The van der Waals surface area contributed by atoms with Crippen LogP contribution in [0.25, 0.3) is 0 Å². The Morgan fingerprint density at radius 1 is 1.47 bits per heavy atom. The highest BCUT2D eigenvalue weighted by atomic mass is 16.3. The molecule has 3 N–H and O–H groups in total. The molecular weight excluding hydrogens is 192 g/mol. The van der Waals surface area contributed by atoms with E-state index in [1.54, 1.807) is 6.20 Å². The standard InChI is InChI=1S/C10H16N4O/c11-9-5-12-7-13-10(9)14-3-1-8(6-15)2-4-14/h5,7-8,15H,1-4,6,11H2. The first-order chi connectivity index (χ1) is 7.31. The van der Waals surface area contributed by atoms with Crippen molar-refractivity contribution in [1.29, 1.82) is 0 Å². The number of rotatable bonds is 2. The van der Waals surface area contributed by atoms with Gasteiger partial charge in [-0.25, -0.2) is 9.97 Å². The fourth-order valence-corrected chi connectivity index (χ4v) is 1.93. The van der Waals surface area contributed by atoms with Crippen LogP contribution in [0.3, 0.4) is 0 Å². The van der Waals surface area contributed by atoms with Crippen molar-refractivity contribution in [3.8, 4) is 0 Å². The zero-order chi connectivity index (χ0) is 10.7. The SMILES string of the molecule is Nc1cncnc1N1CCC(CO)CC1. The van der Waals surface area contributed by atoms with Gasteiger partial charge in [-0.15, -0.1) is 0 Å². The number of nitrogen functional groups attached to an aromatic ring is 1. The molecule has 0 amide bonds. The minimum atomic E-state index is 0.285. The average molecular weight is 208 g/mol. The van der Waals surface area contributed by atoms with E-state index < -0.39 is 0 Å². The molecule has 2 heterocycles. The molecule has 0 atom stereocenters. The molecule has 2 rings (SSSR count). The molecule has 1 saturated heterocycles. The lowest BCUT2D eigenvalue weighted by Crippen LogP contribution is -2.35. The van der Waals surface area contributed by atoms with Crippen LogP contribution in [0.15, 0.2) is 12.5 Å². The highest BCUT2D eigenvalue weighted by Gasteiger charge is 2.20. The Balaban J connectivity index is 2.04. The predicted molar refractivity (Wildman–Crippen MR) is 58.5 cm³/mol. The van der Waals surface area contributed by atoms with Crippen molar-refractivity contribution in [3.05, 3.63) is 12.5 Å². The Morgan fingerprint density at radius 3 is 2.80 bits per heavy atom. The second-order valence-corrected chi connectivity index (χ2v) is 3.91. The van der Waals surface area contributed by atoms with Crippen molar-refractivity contribution in [1.82, 2.24) is 9.97 Å². The highest BCUT2D eigenvalue weighted by Crippen LogP contribution is 2.24. The minimum Gasteiger partial charge on any atom is -0.396 e. The van der Waals surface area contributed by atoms with Crippen molar-refractivity contribution in [3.63, 3.8) is 0 Å². The van der Waals surface area contributed by atoms with E-state index in [0.717, 1.165) is 31.7 Å². The lowest BCUT2D eigenvalue weighted by molar-refractivity contribution is 0.203. The van der Waals surface area contributed by atoms with Gasteiger partial charge < -0.3 is 15.7 Å². The van der Waals surface area contributed by atoms with Crippen molar-refractivity contribution >= 4 is 11.5 Å². The number of hydrogen-bond donors (Lipinski definition) is 2. The van der Waals surface area contributed by atoms with E-state index >= 15 is 0 Å². The molecule has 0 aromatic carbocycles. The van der Waals surface area contributed by atoms with Gasteiger partial charge in [0.1, 0.15) is 6.33 Å². The second kappa shape index (κ2) is 4.44. The van der Waals surface area contributed by atoms with E-state index in [4.69, 9.17) is 10.8 Å². The quantitative estimate of drug-likeness (QED) is 0.729. The van der Waals surface area contributed by atoms with Gasteiger partial charge >= 0.3 is 0 Å². The molecule has 0 spiro atoms. The number of piperidine rings is 1. The maximum atomic E-state index is 9.03. The van der Waals surface area contributed by atoms with Gasteiger partial charge in [-0.3, -0.25) is 0 Å². The number of anilines is 2. The molecule has 1 fully saturated rings. The molecule has 1 aliphatic rings. The van der Waals surface area contributed by atoms with Gasteiger partial charge in [0, 0.05) is 19.7 Å². The normalized spacial score (nSPS) is 18.1. The van der Waals surface area contributed by atoms with Crippen molar-refractivity contribution in [2.45, 2.75) is 12.8 Å². The summed E-state index contributed by atoms with van der Waals surface area (Å²) in [6.45, 7) is 2.10. The Morgan fingerprint density at radius 2 is 2.20 bits per heavy atom. The van der Waals surface area contributed by atoms with Crippen LogP contribution in [0.4, 0.5) is 11.5 Å². The van der Waals surface area contributed by atoms with Crippen LogP contribution in [0.1, 0.15) is 12.8 Å². The molecule has 1 aliphatic heterocycles. The smallest absolute Gasteiger partial charge is 0.155 e. The number of aliphatic hydroxyl groups is 1. The molecule has 0 aliphatic carbocycles. The zero-order valence-electron chi connectivity index (χ0n) is 8.63. The summed E-state index contributed by atoms with van der Waals surface area (Å²) in [5, 5.41) is 9.03. The van der Waals surface area contributed by atoms with E-state index in [1.807, 2.05) is 0 Å². The fraction of sp³-hybridized carbons (Fsp3) is 0.600. The summed E-state index contributed by atoms with van der Waals surface area (Å²) in [5.41, 5.74) is 6.43. The van der Waals surface area contributed by atoms with Gasteiger partial charge in [0.05, 0.1) is 11.9 Å². The van der Waals surface area contributed by atoms with Gasteiger partial charge in [0.15, 0.2) is 5.82 Å². The Bertz CT molecular complexity index is 323. The topological polar surface area (TPSA) is 75.3 Å². The van der Waals surface area contributed by atoms with E-state index in [1.165, 1.54) is 6.33 Å². The first-order valence-corrected chi connectivity index (χ1v) is 5.22. The van der Waals surface area contributed by atoms with Crippen LogP contribution in [-0.2, 0) is 0 Å². The number of aromatic nitrogens is 2. The Kier molecular flexibility index (Phi) is 3.01. The summed E-state index contributed by atoms with van der Waals surface area (Å²) < 4.78 is 0. The number of nitrogens with zero attached hydrogens (tertiary/aromatic N) is 3. The van der Waals surface area contributed by atoms with Gasteiger partial charge in [-0.2, -0.15) is 0 Å². The third kappa shape index (κ3) is 2.18. The van der Waals surface area contributed by atoms with Gasteiger partial charge in [0.2, 0.25) is 0 Å². The van der Waals surface area contributed by atoms with E-state index in [-0.39, 0.29) is 6.61 Å². The van der Waals surface area contributed by atoms with Crippen LogP contribution < -0.4 is 10.6 Å². The molecule has 0 unspecified atom stereocenters. The largest absolute Gasteiger partial charge is 0.396 e. The summed E-state index contributed by atoms with van der Waals surface area (Å²) in [5.74, 6) is 1.26. The summed E-state index contributed by atoms with van der Waals surface area (Å²) in [6, 6.07) is 0. The average Bonchev–Trinajstić information content (AvgIpc) is 2.30. The van der Waals surface area contributed by atoms with Gasteiger partial charge in [-0.1, -0.05) is 0 Å². The third-order valence-electron chi connectivity index (χ3n) is 2.89. The second-order valence-electron chi connectivity index (χ2n) is 3.91. The van der Waals surface area contributed by atoms with Gasteiger partial charge in [0.25, 0.3) is 0 Å². The van der Waals surface area contributed by atoms with E-state index in [2.05, 4.69) is 14.9 Å². The summed E-state index contributed by atoms with van der Waals surface area (Å²) in [6.07, 6.45) is 5.14. The van der Waals surface area contributed by atoms with Crippen LogP contribution >= 0.6 is 0 Å². The number of nitrogens with two attached hydrogens (primary N) is 1. The maximum absolute atomic E-state index is 9.03. The third-order valence-corrected chi connectivity index (χ3v) is 2.89. The van der Waals surface area contributed by atoms with Crippen LogP contribution in [0.2, 0.25) is 0 Å². The van der Waals surface area contributed by atoms with Crippen molar-refractivity contribution in [2.75, 3.05) is 30.3 Å². The molecule has 5 heteroatoms. The molecule has 1 aromatic rings. The molecular formula is C10H16N4O. The number of aliphatic hydroxyl groups excluding tert-OH is 1. The predicted octanol–water partition coefficient (Wildman–Crippen LogP) is 0.267. The molecule has 5 nitrogen and oxygen atoms in total. The molecule has 1 aromatic heterocycles. The molecule has 15 heavy (non-hydrogen) atoms. The molecule has 0 radical (unpaired) electrons. The van der Waals surface area contributed by atoms with Gasteiger partial charge in [-0.05, 0) is 18.8 Å². The van der Waals surface area contributed by atoms with E-state index in [9.17, 15) is 0 Å². The summed E-state index contributed by atoms with van der Waals surface area (Å²) in [7, 11) is 0.